The smallest absolute Gasteiger partial charge is 0.242 e. The molecule has 8 heteroatoms. The molecule has 0 radical (unpaired) electrons. The van der Waals surface area contributed by atoms with E-state index in [1.54, 1.807) is 0 Å². The zero-order chi connectivity index (χ0) is 14.0. The summed E-state index contributed by atoms with van der Waals surface area (Å²) in [5, 5.41) is 9.03. The molecule has 2 N–H and O–H groups in total. The van der Waals surface area contributed by atoms with Gasteiger partial charge in [-0.05, 0) is 41.9 Å². The van der Waals surface area contributed by atoms with E-state index in [0.717, 1.165) is 0 Å². The van der Waals surface area contributed by atoms with Crippen LogP contribution in [0.1, 0.15) is 17.7 Å². The summed E-state index contributed by atoms with van der Waals surface area (Å²) in [6, 6.07) is 2.13. The maximum Gasteiger partial charge on any atom is 0.242 e. The van der Waals surface area contributed by atoms with Gasteiger partial charge in [0.15, 0.2) is 0 Å². The molecule has 0 amide bonds. The van der Waals surface area contributed by atoms with Crippen LogP contribution in [0, 0.1) is 0 Å². The Balaban J connectivity index is 1.94. The Kier molecular flexibility index (Phi) is 5.02. The molecule has 1 aromatic rings. The van der Waals surface area contributed by atoms with Crippen LogP contribution in [-0.4, -0.2) is 44.6 Å². The fourth-order valence-electron chi connectivity index (χ4n) is 1.79. The Bertz CT molecular complexity index is 540. The zero-order valence-electron chi connectivity index (χ0n) is 10.6. The van der Waals surface area contributed by atoms with Crippen LogP contribution < -0.4 is 4.72 Å². The van der Waals surface area contributed by atoms with E-state index in [2.05, 4.69) is 25.6 Å². The third-order valence-electron chi connectivity index (χ3n) is 3.08. The van der Waals surface area contributed by atoms with Crippen LogP contribution in [0.25, 0.3) is 0 Å². The maximum atomic E-state index is 12.1. The number of hydrogen-bond acceptors (Lipinski definition) is 5. The van der Waals surface area contributed by atoms with Crippen molar-refractivity contribution in [2.75, 3.05) is 20.1 Å². The second-order valence-electron chi connectivity index (χ2n) is 4.62. The molecule has 1 aliphatic carbocycles. The lowest BCUT2D eigenvalue weighted by Crippen LogP contribution is -2.33. The van der Waals surface area contributed by atoms with E-state index in [9.17, 15) is 8.42 Å². The molecule has 5 nitrogen and oxygen atoms in total. The molecule has 2 rings (SSSR count). The van der Waals surface area contributed by atoms with Crippen molar-refractivity contribution in [1.82, 2.24) is 9.62 Å². The highest BCUT2D eigenvalue weighted by molar-refractivity contribution is 9.11. The highest BCUT2D eigenvalue weighted by Gasteiger charge is 2.26. The van der Waals surface area contributed by atoms with Gasteiger partial charge in [0.1, 0.15) is 4.90 Å². The predicted octanol–water partition coefficient (Wildman–Crippen LogP) is 1.38. The SMILES string of the molecule is CN(CCNS(=O)(=O)c1cc(CO)sc1Br)C1CC1. The van der Waals surface area contributed by atoms with Crippen LogP contribution >= 0.6 is 27.3 Å². The van der Waals surface area contributed by atoms with Gasteiger partial charge in [0, 0.05) is 24.0 Å². The number of aliphatic hydroxyl groups is 1. The lowest BCUT2D eigenvalue weighted by Gasteiger charge is -2.15. The van der Waals surface area contributed by atoms with Gasteiger partial charge in [-0.3, -0.25) is 0 Å². The van der Waals surface area contributed by atoms with Crippen molar-refractivity contribution in [3.63, 3.8) is 0 Å². The van der Waals surface area contributed by atoms with Gasteiger partial charge in [-0.2, -0.15) is 0 Å². The Morgan fingerprint density at radius 3 is 2.79 bits per heavy atom. The van der Waals surface area contributed by atoms with Gasteiger partial charge in [-0.25, -0.2) is 13.1 Å². The summed E-state index contributed by atoms with van der Waals surface area (Å²) in [4.78, 5) is 3.00. The van der Waals surface area contributed by atoms with Crippen molar-refractivity contribution in [2.45, 2.75) is 30.4 Å². The second kappa shape index (κ2) is 6.19. The summed E-state index contributed by atoms with van der Waals surface area (Å²) < 4.78 is 27.3. The number of aliphatic hydroxyl groups excluding tert-OH is 1. The normalized spacial score (nSPS) is 16.2. The fraction of sp³-hybridized carbons (Fsp3) is 0.636. The monoisotopic (exact) mass is 368 g/mol. The first-order valence-electron chi connectivity index (χ1n) is 6.03. The summed E-state index contributed by atoms with van der Waals surface area (Å²) in [6.07, 6.45) is 2.42. The van der Waals surface area contributed by atoms with Crippen LogP contribution in [0.3, 0.4) is 0 Å². The molecule has 0 aromatic carbocycles. The number of thiophene rings is 1. The molecule has 0 bridgehead atoms. The number of rotatable bonds is 7. The minimum atomic E-state index is -3.51. The van der Waals surface area contributed by atoms with Gasteiger partial charge in [0.25, 0.3) is 0 Å². The van der Waals surface area contributed by atoms with E-state index in [4.69, 9.17) is 5.11 Å². The summed E-state index contributed by atoms with van der Waals surface area (Å²) >= 11 is 4.46. The topological polar surface area (TPSA) is 69.6 Å². The zero-order valence-corrected chi connectivity index (χ0v) is 13.8. The van der Waals surface area contributed by atoms with E-state index in [0.29, 0.717) is 27.8 Å². The molecule has 1 aliphatic rings. The van der Waals surface area contributed by atoms with Crippen molar-refractivity contribution in [3.8, 4) is 0 Å². The first-order valence-corrected chi connectivity index (χ1v) is 9.12. The van der Waals surface area contributed by atoms with Crippen LogP contribution in [0.2, 0.25) is 0 Å². The van der Waals surface area contributed by atoms with E-state index >= 15 is 0 Å². The molecule has 108 valence electrons. The molecule has 0 aliphatic heterocycles. The summed E-state index contributed by atoms with van der Waals surface area (Å²) in [5.41, 5.74) is 0. The number of nitrogens with zero attached hydrogens (tertiary/aromatic N) is 1. The standard InChI is InChI=1S/C11H17BrN2O3S2/c1-14(8-2-3-8)5-4-13-19(16,17)10-6-9(7-15)18-11(10)12/h6,8,13,15H,2-5,7H2,1H3. The number of nitrogens with one attached hydrogen (secondary N) is 1. The Hall–Kier alpha value is 0.01000. The quantitative estimate of drug-likeness (QED) is 0.762. The van der Waals surface area contributed by atoms with Crippen LogP contribution in [-0.2, 0) is 16.6 Å². The molecule has 19 heavy (non-hydrogen) atoms. The molecule has 0 saturated heterocycles. The van der Waals surface area contributed by atoms with Crippen LogP contribution in [0.5, 0.6) is 0 Å². The Labute approximate surface area is 125 Å². The van der Waals surface area contributed by atoms with Crippen molar-refractivity contribution in [3.05, 3.63) is 14.7 Å². The average Bonchev–Trinajstić information content (AvgIpc) is 3.12. The first-order chi connectivity index (χ1) is 8.94. The number of likely N-dealkylation sites (N-methyl/N-ethyl adjacent to an activating group) is 1. The lowest BCUT2D eigenvalue weighted by atomic mass is 10.5. The molecule has 0 spiro atoms. The minimum Gasteiger partial charge on any atom is -0.391 e. The van der Waals surface area contributed by atoms with Crippen molar-refractivity contribution in [1.29, 1.82) is 0 Å². The average molecular weight is 369 g/mol. The third kappa shape index (κ3) is 3.99. The number of hydrogen-bond donors (Lipinski definition) is 2. The minimum absolute atomic E-state index is 0.150. The van der Waals surface area contributed by atoms with Crippen LogP contribution in [0.4, 0.5) is 0 Å². The third-order valence-corrected chi connectivity index (χ3v) is 6.78. The predicted molar refractivity (Wildman–Crippen MR) is 78.8 cm³/mol. The van der Waals surface area contributed by atoms with Gasteiger partial charge in [0.05, 0.1) is 10.4 Å². The molecule has 1 heterocycles. The van der Waals surface area contributed by atoms with Gasteiger partial charge in [0.2, 0.25) is 10.0 Å². The fourth-order valence-corrected chi connectivity index (χ4v) is 5.35. The summed E-state index contributed by atoms with van der Waals surface area (Å²) in [5.74, 6) is 0. The molecular formula is C11H17BrN2O3S2. The second-order valence-corrected chi connectivity index (χ2v) is 8.81. The number of halogens is 1. The first kappa shape index (κ1) is 15.4. The van der Waals surface area contributed by atoms with Crippen molar-refractivity contribution >= 4 is 37.3 Å². The van der Waals surface area contributed by atoms with E-state index in [-0.39, 0.29) is 11.5 Å². The molecular weight excluding hydrogens is 352 g/mol. The Morgan fingerprint density at radius 2 is 2.26 bits per heavy atom. The van der Waals surface area contributed by atoms with E-state index < -0.39 is 10.0 Å². The molecule has 0 atom stereocenters. The van der Waals surface area contributed by atoms with Crippen molar-refractivity contribution < 1.29 is 13.5 Å². The van der Waals surface area contributed by atoms with E-state index in [1.807, 2.05) is 7.05 Å². The van der Waals surface area contributed by atoms with Gasteiger partial charge >= 0.3 is 0 Å². The van der Waals surface area contributed by atoms with Gasteiger partial charge in [-0.1, -0.05) is 0 Å². The molecule has 1 fully saturated rings. The van der Waals surface area contributed by atoms with Gasteiger partial charge in [-0.15, -0.1) is 11.3 Å². The number of sulfonamides is 1. The summed E-state index contributed by atoms with van der Waals surface area (Å²) in [7, 11) is -1.50. The lowest BCUT2D eigenvalue weighted by molar-refractivity contribution is 0.285. The highest BCUT2D eigenvalue weighted by atomic mass is 79.9. The van der Waals surface area contributed by atoms with Crippen molar-refractivity contribution in [2.24, 2.45) is 0 Å². The van der Waals surface area contributed by atoms with E-state index in [1.165, 1.54) is 30.2 Å². The highest BCUT2D eigenvalue weighted by Crippen LogP contribution is 2.31. The largest absolute Gasteiger partial charge is 0.391 e. The van der Waals surface area contributed by atoms with Crippen LogP contribution in [0.15, 0.2) is 14.7 Å². The maximum absolute atomic E-state index is 12.1. The molecule has 1 saturated carbocycles. The summed E-state index contributed by atoms with van der Waals surface area (Å²) in [6.45, 7) is 0.952. The van der Waals surface area contributed by atoms with Gasteiger partial charge < -0.3 is 10.0 Å². The molecule has 0 unspecified atom stereocenters. The Morgan fingerprint density at radius 1 is 1.58 bits per heavy atom. The molecule has 1 aromatic heterocycles.